The molecule has 0 atom stereocenters. The molecule has 7 heteroatoms. The maximum Gasteiger partial charge on any atom is 0.254 e. The van der Waals surface area contributed by atoms with Crippen LogP contribution in [0.3, 0.4) is 0 Å². The van der Waals surface area contributed by atoms with Gasteiger partial charge >= 0.3 is 0 Å². The molecule has 1 aromatic heterocycles. The predicted molar refractivity (Wildman–Crippen MR) is 91.7 cm³/mol. The summed E-state index contributed by atoms with van der Waals surface area (Å²) in [4.78, 5) is 21.0. The van der Waals surface area contributed by atoms with Crippen LogP contribution in [0.4, 0.5) is 0 Å². The highest BCUT2D eigenvalue weighted by Crippen LogP contribution is 2.29. The van der Waals surface area contributed by atoms with Gasteiger partial charge in [0.25, 0.3) is 5.91 Å². The van der Waals surface area contributed by atoms with E-state index in [2.05, 4.69) is 9.88 Å². The van der Waals surface area contributed by atoms with Crippen molar-refractivity contribution in [2.24, 2.45) is 11.7 Å². The van der Waals surface area contributed by atoms with Crippen molar-refractivity contribution in [3.05, 3.63) is 29.6 Å². The number of amides is 1. The summed E-state index contributed by atoms with van der Waals surface area (Å²) < 4.78 is 0. The highest BCUT2D eigenvalue weighted by molar-refractivity contribution is 5.94. The number of piperazine rings is 1. The number of nitrogens with two attached hydrogens (primary N) is 1. The smallest absolute Gasteiger partial charge is 0.254 e. The van der Waals surface area contributed by atoms with Crippen LogP contribution in [-0.2, 0) is 6.54 Å². The number of nitrogens with zero attached hydrogens (tertiary/aromatic N) is 3. The van der Waals surface area contributed by atoms with Crippen LogP contribution in [-0.4, -0.2) is 53.4 Å². The number of aromatic nitrogens is 1. The number of hydrogen-bond donors (Lipinski definition) is 1. The number of pyridine rings is 1. The second-order valence-corrected chi connectivity index (χ2v) is 5.78. The molecular formula is C15H24Cl2N4O. The van der Waals surface area contributed by atoms with E-state index in [0.29, 0.717) is 12.1 Å². The first-order valence-corrected chi connectivity index (χ1v) is 7.43. The highest BCUT2D eigenvalue weighted by atomic mass is 35.5. The molecule has 1 aliphatic carbocycles. The summed E-state index contributed by atoms with van der Waals surface area (Å²) in [7, 11) is 0. The average molecular weight is 347 g/mol. The van der Waals surface area contributed by atoms with Crippen molar-refractivity contribution in [3.63, 3.8) is 0 Å². The minimum Gasteiger partial charge on any atom is -0.336 e. The summed E-state index contributed by atoms with van der Waals surface area (Å²) in [5.74, 6) is 1.03. The van der Waals surface area contributed by atoms with Crippen LogP contribution in [0.25, 0.3) is 0 Å². The lowest BCUT2D eigenvalue weighted by Crippen LogP contribution is -2.49. The summed E-state index contributed by atoms with van der Waals surface area (Å²) in [6.07, 6.45) is 4.44. The van der Waals surface area contributed by atoms with Crippen molar-refractivity contribution >= 4 is 30.7 Å². The molecule has 1 aliphatic heterocycles. The number of hydrogen-bond acceptors (Lipinski definition) is 4. The van der Waals surface area contributed by atoms with E-state index in [4.69, 9.17) is 5.73 Å². The molecule has 2 heterocycles. The Hall–Kier alpha value is -0.880. The molecule has 124 valence electrons. The van der Waals surface area contributed by atoms with E-state index in [0.717, 1.165) is 37.8 Å². The van der Waals surface area contributed by atoms with Gasteiger partial charge in [-0.3, -0.25) is 14.7 Å². The third-order valence-electron chi connectivity index (χ3n) is 4.15. The summed E-state index contributed by atoms with van der Waals surface area (Å²) in [5, 5.41) is 0. The van der Waals surface area contributed by atoms with Crippen LogP contribution in [0.15, 0.2) is 18.3 Å². The average Bonchev–Trinajstić information content (AvgIpc) is 3.31. The van der Waals surface area contributed by atoms with Gasteiger partial charge in [0.2, 0.25) is 0 Å². The molecule has 2 aliphatic rings. The summed E-state index contributed by atoms with van der Waals surface area (Å²) in [5.41, 5.74) is 7.05. The molecule has 22 heavy (non-hydrogen) atoms. The molecule has 0 spiro atoms. The second-order valence-electron chi connectivity index (χ2n) is 5.78. The van der Waals surface area contributed by atoms with Gasteiger partial charge in [-0.2, -0.15) is 0 Å². The molecule has 5 nitrogen and oxygen atoms in total. The lowest BCUT2D eigenvalue weighted by atomic mass is 10.2. The number of carbonyl (C=O) groups excluding carboxylic acids is 1. The van der Waals surface area contributed by atoms with Crippen LogP contribution in [0, 0.1) is 5.92 Å². The van der Waals surface area contributed by atoms with Gasteiger partial charge in [0.05, 0.1) is 5.69 Å². The van der Waals surface area contributed by atoms with Crippen LogP contribution < -0.4 is 5.73 Å². The van der Waals surface area contributed by atoms with E-state index in [-0.39, 0.29) is 30.7 Å². The molecule has 2 N–H and O–H groups in total. The van der Waals surface area contributed by atoms with Crippen molar-refractivity contribution in [1.82, 2.24) is 14.8 Å². The molecule has 3 rings (SSSR count). The fourth-order valence-electron chi connectivity index (χ4n) is 2.70. The molecule has 0 unspecified atom stereocenters. The third kappa shape index (κ3) is 4.81. The normalized spacial score (nSPS) is 18.3. The highest BCUT2D eigenvalue weighted by Gasteiger charge is 2.27. The Balaban J connectivity index is 0.00000121. The predicted octanol–water partition coefficient (Wildman–Crippen LogP) is 1.55. The molecular weight excluding hydrogens is 323 g/mol. The summed E-state index contributed by atoms with van der Waals surface area (Å²) in [6, 6.07) is 3.58. The zero-order valence-corrected chi connectivity index (χ0v) is 14.2. The maximum atomic E-state index is 12.4. The second kappa shape index (κ2) is 8.67. The van der Waals surface area contributed by atoms with Gasteiger partial charge in [0, 0.05) is 51.0 Å². The lowest BCUT2D eigenvalue weighted by molar-refractivity contribution is 0.0632. The molecule has 1 saturated carbocycles. The molecule has 0 aromatic carbocycles. The zero-order chi connectivity index (χ0) is 13.9. The first kappa shape index (κ1) is 19.2. The van der Waals surface area contributed by atoms with E-state index in [9.17, 15) is 4.79 Å². The van der Waals surface area contributed by atoms with E-state index in [1.165, 1.54) is 19.4 Å². The van der Waals surface area contributed by atoms with Gasteiger partial charge in [0.15, 0.2) is 0 Å². The molecule has 1 amide bonds. The molecule has 0 radical (unpaired) electrons. The number of carbonyl (C=O) groups is 1. The van der Waals surface area contributed by atoms with Crippen molar-refractivity contribution in [2.75, 3.05) is 32.7 Å². The monoisotopic (exact) mass is 346 g/mol. The minimum absolute atomic E-state index is 0. The fraction of sp³-hybridized carbons (Fsp3) is 0.600. The third-order valence-corrected chi connectivity index (χ3v) is 4.15. The minimum atomic E-state index is 0. The summed E-state index contributed by atoms with van der Waals surface area (Å²) in [6.45, 7) is 5.23. The molecule has 1 saturated heterocycles. The molecule has 0 bridgehead atoms. The van der Waals surface area contributed by atoms with Gasteiger partial charge in [-0.1, -0.05) is 0 Å². The molecule has 2 fully saturated rings. The van der Waals surface area contributed by atoms with Gasteiger partial charge in [0.1, 0.15) is 0 Å². The Bertz CT molecular complexity index is 488. The molecule has 1 aromatic rings. The van der Waals surface area contributed by atoms with E-state index >= 15 is 0 Å². The Labute approximate surface area is 144 Å². The van der Waals surface area contributed by atoms with Crippen molar-refractivity contribution in [1.29, 1.82) is 0 Å². The Morgan fingerprint density at radius 3 is 2.50 bits per heavy atom. The van der Waals surface area contributed by atoms with Gasteiger partial charge in [-0.15, -0.1) is 24.8 Å². The topological polar surface area (TPSA) is 62.5 Å². The lowest BCUT2D eigenvalue weighted by Gasteiger charge is -2.34. The maximum absolute atomic E-state index is 12.4. The van der Waals surface area contributed by atoms with Crippen molar-refractivity contribution in [2.45, 2.75) is 19.4 Å². The largest absolute Gasteiger partial charge is 0.336 e. The Morgan fingerprint density at radius 1 is 1.23 bits per heavy atom. The van der Waals surface area contributed by atoms with Crippen LogP contribution in [0.1, 0.15) is 28.9 Å². The van der Waals surface area contributed by atoms with E-state index in [1.807, 2.05) is 4.90 Å². The van der Waals surface area contributed by atoms with Crippen LogP contribution >= 0.6 is 24.8 Å². The quantitative estimate of drug-likeness (QED) is 0.898. The first-order valence-electron chi connectivity index (χ1n) is 7.43. The van der Waals surface area contributed by atoms with E-state index in [1.54, 1.807) is 18.3 Å². The van der Waals surface area contributed by atoms with Crippen LogP contribution in [0.5, 0.6) is 0 Å². The fourth-order valence-corrected chi connectivity index (χ4v) is 2.70. The number of halogens is 2. The number of rotatable bonds is 4. The zero-order valence-electron chi connectivity index (χ0n) is 12.6. The van der Waals surface area contributed by atoms with Crippen LogP contribution in [0.2, 0.25) is 0 Å². The first-order chi connectivity index (χ1) is 9.76. The van der Waals surface area contributed by atoms with E-state index < -0.39 is 0 Å². The Morgan fingerprint density at radius 2 is 1.91 bits per heavy atom. The van der Waals surface area contributed by atoms with Crippen molar-refractivity contribution in [3.8, 4) is 0 Å². The SMILES string of the molecule is Cl.Cl.NCc1cc(C(=O)N2CCN(CC3CC3)CC2)ccn1. The van der Waals surface area contributed by atoms with Gasteiger partial charge in [-0.05, 0) is 30.9 Å². The van der Waals surface area contributed by atoms with Crippen molar-refractivity contribution < 1.29 is 4.79 Å². The summed E-state index contributed by atoms with van der Waals surface area (Å²) >= 11 is 0. The van der Waals surface area contributed by atoms with Gasteiger partial charge in [-0.25, -0.2) is 0 Å². The van der Waals surface area contributed by atoms with Gasteiger partial charge < -0.3 is 10.6 Å². The standard InChI is InChI=1S/C15H22N4O.2ClH/c16-10-14-9-13(3-4-17-14)15(20)19-7-5-18(6-8-19)11-12-1-2-12;;/h3-4,9,12H,1-2,5-8,10-11,16H2;2*1H. The Kier molecular flexibility index (Phi) is 7.56.